The summed E-state index contributed by atoms with van der Waals surface area (Å²) in [4.78, 5) is 35.6. The van der Waals surface area contributed by atoms with Crippen LogP contribution in [0.5, 0.6) is 0 Å². The van der Waals surface area contributed by atoms with Crippen LogP contribution in [0.15, 0.2) is 23.3 Å². The summed E-state index contributed by atoms with van der Waals surface area (Å²) in [5.41, 5.74) is 10.2. The zero-order chi connectivity index (χ0) is 36.6. The smallest absolute Gasteiger partial charge is 0.336 e. The topological polar surface area (TPSA) is 108 Å². The first-order valence-electron chi connectivity index (χ1n) is 20.7. The Morgan fingerprint density at radius 2 is 1.13 bits per heavy atom. The van der Waals surface area contributed by atoms with E-state index in [-0.39, 0.29) is 48.9 Å². The SMILES string of the molecule is CC(=O)N[C@@H]1COC(=O)/C1=C/C[C@H]1C2(CC[C@H]3C(C)(C)CCC[C@@]31C)CC2.CC1(C)CCC[C@@]2(C)[C@H]1CCC1(CC1)[C@@H]2C/C=C1/C(=O)OC[C@H]1N.Cl. The van der Waals surface area contributed by atoms with Crippen LogP contribution in [-0.2, 0) is 23.9 Å². The molecule has 0 bridgehead atoms. The maximum atomic E-state index is 12.2. The van der Waals surface area contributed by atoms with Crippen molar-refractivity contribution < 1.29 is 23.9 Å². The van der Waals surface area contributed by atoms with Crippen LogP contribution in [-0.4, -0.2) is 43.1 Å². The molecule has 2 spiro atoms. The van der Waals surface area contributed by atoms with Gasteiger partial charge in [0.1, 0.15) is 13.2 Å². The van der Waals surface area contributed by atoms with Gasteiger partial charge in [-0.2, -0.15) is 0 Å². The third kappa shape index (κ3) is 6.94. The Balaban J connectivity index is 0.000000176. The lowest BCUT2D eigenvalue weighted by Crippen LogP contribution is -2.52. The molecule has 0 radical (unpaired) electrons. The van der Waals surface area contributed by atoms with E-state index in [1.165, 1.54) is 96.8 Å². The number of allylic oxidation sites excluding steroid dienone is 2. The number of ether oxygens (including phenoxy) is 2. The summed E-state index contributed by atoms with van der Waals surface area (Å²) in [6.45, 7) is 17.1. The molecule has 8 atom stereocenters. The van der Waals surface area contributed by atoms with E-state index < -0.39 is 0 Å². The minimum absolute atomic E-state index is 0. The molecule has 8 fully saturated rings. The number of esters is 2. The molecule has 8 aliphatic rings. The van der Waals surface area contributed by atoms with E-state index >= 15 is 0 Å². The average molecular weight is 741 g/mol. The van der Waals surface area contributed by atoms with Crippen LogP contribution in [0, 0.1) is 56.2 Å². The van der Waals surface area contributed by atoms with Crippen molar-refractivity contribution in [2.45, 2.75) is 163 Å². The number of carbonyl (C=O) groups excluding carboxylic acids is 3. The summed E-state index contributed by atoms with van der Waals surface area (Å²) in [6, 6.07) is -0.497. The molecule has 6 aliphatic carbocycles. The van der Waals surface area contributed by atoms with Crippen molar-refractivity contribution in [3.63, 3.8) is 0 Å². The Morgan fingerprint density at radius 1 is 0.692 bits per heavy atom. The van der Waals surface area contributed by atoms with Gasteiger partial charge in [-0.3, -0.25) is 4.79 Å². The lowest BCUT2D eigenvalue weighted by molar-refractivity contribution is -0.136. The zero-order valence-electron chi connectivity index (χ0n) is 33.4. The normalized spacial score (nSPS) is 41.5. The van der Waals surface area contributed by atoms with Crippen LogP contribution in [0.1, 0.15) is 151 Å². The number of rotatable bonds is 5. The molecule has 0 aromatic rings. The minimum atomic E-state index is -0.278. The molecule has 6 saturated carbocycles. The van der Waals surface area contributed by atoms with Crippen molar-refractivity contribution in [2.75, 3.05) is 13.2 Å². The Morgan fingerprint density at radius 3 is 1.56 bits per heavy atom. The van der Waals surface area contributed by atoms with Gasteiger partial charge in [-0.1, -0.05) is 66.5 Å². The number of hydrogen-bond donors (Lipinski definition) is 2. The average Bonchev–Trinajstić information content (AvgIpc) is 3.94. The fraction of sp³-hybridized carbons (Fsp3) is 0.841. The molecule has 2 saturated heterocycles. The highest BCUT2D eigenvalue weighted by atomic mass is 35.5. The molecule has 8 heteroatoms. The van der Waals surface area contributed by atoms with E-state index in [1.807, 2.05) is 0 Å². The Kier molecular flexibility index (Phi) is 10.7. The summed E-state index contributed by atoms with van der Waals surface area (Å²) in [7, 11) is 0. The van der Waals surface area contributed by atoms with E-state index in [0.717, 1.165) is 30.3 Å². The van der Waals surface area contributed by atoms with Gasteiger partial charge in [0, 0.05) is 6.92 Å². The molecular weight excluding hydrogens is 672 g/mol. The molecule has 1 amide bonds. The highest BCUT2D eigenvalue weighted by Crippen LogP contribution is 2.73. The highest BCUT2D eigenvalue weighted by molar-refractivity contribution is 5.93. The van der Waals surface area contributed by atoms with Crippen molar-refractivity contribution >= 4 is 30.3 Å². The van der Waals surface area contributed by atoms with Gasteiger partial charge in [0.05, 0.1) is 23.2 Å². The van der Waals surface area contributed by atoms with E-state index in [0.29, 0.717) is 56.5 Å². The van der Waals surface area contributed by atoms with Crippen molar-refractivity contribution in [1.29, 1.82) is 0 Å². The summed E-state index contributed by atoms with van der Waals surface area (Å²) in [5.74, 6) is 2.39. The van der Waals surface area contributed by atoms with Crippen molar-refractivity contribution in [1.82, 2.24) is 5.32 Å². The molecule has 0 aromatic carbocycles. The van der Waals surface area contributed by atoms with Gasteiger partial charge < -0.3 is 20.5 Å². The van der Waals surface area contributed by atoms with E-state index in [9.17, 15) is 14.4 Å². The Hall–Kier alpha value is -1.86. The minimum Gasteiger partial charge on any atom is -0.460 e. The maximum absolute atomic E-state index is 12.2. The summed E-state index contributed by atoms with van der Waals surface area (Å²) < 4.78 is 10.3. The standard InChI is InChI=1S/C23H35NO3.C21H33NO2.ClH/c1-15(25)24-17-14-27-20(26)16(17)6-7-19-22(4)10-5-9-21(2,3)18(22)8-11-23(19)12-13-23;1-19(2)8-4-9-20(3)16(19)7-10-21(11-12-21)17(20)6-5-14-15(22)13-24-18(14)23;/h6,17-19H,5,7-14H2,1-4H3,(H,24,25);5,15-17H,4,6-13,22H2,1-3H3;1H/b16-6+;14-5+;/t17-,18+,19-,22+;15-,16+,17-,20+;/m11./s1. The second kappa shape index (κ2) is 14.0. The number of fused-ring (bicyclic) bond motifs is 2. The van der Waals surface area contributed by atoms with Crippen LogP contribution in [0.4, 0.5) is 0 Å². The molecule has 2 aliphatic heterocycles. The number of nitrogens with one attached hydrogen (secondary N) is 1. The van der Waals surface area contributed by atoms with Crippen molar-refractivity contribution in [2.24, 2.45) is 61.9 Å². The predicted octanol–water partition coefficient (Wildman–Crippen LogP) is 9.02. The first kappa shape index (κ1) is 39.8. The molecular formula is C44H69ClN2O5. The third-order valence-electron chi connectivity index (χ3n) is 16.8. The Labute approximate surface area is 320 Å². The fourth-order valence-corrected chi connectivity index (χ4v) is 14.1. The molecule has 7 nitrogen and oxygen atoms in total. The van der Waals surface area contributed by atoms with E-state index in [2.05, 4.69) is 59.0 Å². The van der Waals surface area contributed by atoms with Crippen LogP contribution in [0.25, 0.3) is 0 Å². The van der Waals surface area contributed by atoms with Gasteiger partial charge in [-0.25, -0.2) is 9.59 Å². The number of hydrogen-bond acceptors (Lipinski definition) is 6. The van der Waals surface area contributed by atoms with Gasteiger partial charge in [0.2, 0.25) is 5.91 Å². The second-order valence-electron chi connectivity index (χ2n) is 20.6. The van der Waals surface area contributed by atoms with Crippen molar-refractivity contribution in [3.05, 3.63) is 23.3 Å². The van der Waals surface area contributed by atoms with Crippen LogP contribution in [0.3, 0.4) is 0 Å². The van der Waals surface area contributed by atoms with Gasteiger partial charge >= 0.3 is 11.9 Å². The summed E-state index contributed by atoms with van der Waals surface area (Å²) >= 11 is 0. The summed E-state index contributed by atoms with van der Waals surface area (Å²) in [5, 5.41) is 2.87. The highest BCUT2D eigenvalue weighted by Gasteiger charge is 2.64. The van der Waals surface area contributed by atoms with Gasteiger partial charge in [-0.15, -0.1) is 12.4 Å². The van der Waals surface area contributed by atoms with Crippen LogP contribution >= 0.6 is 12.4 Å². The van der Waals surface area contributed by atoms with E-state index in [4.69, 9.17) is 15.2 Å². The largest absolute Gasteiger partial charge is 0.460 e. The third-order valence-corrected chi connectivity index (χ3v) is 16.8. The maximum Gasteiger partial charge on any atom is 0.336 e. The fourth-order valence-electron chi connectivity index (χ4n) is 14.1. The first-order valence-corrected chi connectivity index (χ1v) is 20.7. The molecule has 2 heterocycles. The van der Waals surface area contributed by atoms with E-state index in [1.54, 1.807) is 0 Å². The molecule has 8 rings (SSSR count). The molecule has 3 N–H and O–H groups in total. The number of nitrogens with two attached hydrogens (primary N) is 1. The van der Waals surface area contributed by atoms with Gasteiger partial charge in [-0.05, 0) is 146 Å². The van der Waals surface area contributed by atoms with Crippen molar-refractivity contribution in [3.8, 4) is 0 Å². The molecule has 0 unspecified atom stereocenters. The first-order chi connectivity index (χ1) is 24.0. The molecule has 0 aromatic heterocycles. The number of cyclic esters (lactones) is 2. The zero-order valence-corrected chi connectivity index (χ0v) is 34.2. The lowest BCUT2D eigenvalue weighted by Gasteiger charge is -2.60. The number of amides is 1. The quantitative estimate of drug-likeness (QED) is 0.215. The number of carbonyl (C=O) groups is 3. The second-order valence-corrected chi connectivity index (χ2v) is 20.6. The number of halogens is 1. The van der Waals surface area contributed by atoms with Gasteiger partial charge in [0.25, 0.3) is 0 Å². The van der Waals surface area contributed by atoms with Crippen LogP contribution in [0.2, 0.25) is 0 Å². The molecule has 52 heavy (non-hydrogen) atoms. The van der Waals surface area contributed by atoms with Gasteiger partial charge in [0.15, 0.2) is 0 Å². The molecule has 292 valence electrons. The van der Waals surface area contributed by atoms with Crippen LogP contribution < -0.4 is 11.1 Å². The Bertz CT molecular complexity index is 1470. The predicted molar refractivity (Wildman–Crippen MR) is 207 cm³/mol. The lowest BCUT2D eigenvalue weighted by atomic mass is 9.45. The summed E-state index contributed by atoms with van der Waals surface area (Å²) in [6.07, 6.45) is 25.3. The monoisotopic (exact) mass is 740 g/mol.